The zero-order valence-corrected chi connectivity index (χ0v) is 31.1. The molecule has 1 aromatic heterocycles. The van der Waals surface area contributed by atoms with Crippen LogP contribution < -0.4 is 27.4 Å². The molecule has 0 fully saturated rings. The fourth-order valence-corrected chi connectivity index (χ4v) is 5.86. The summed E-state index contributed by atoms with van der Waals surface area (Å²) in [5.41, 5.74) is 16.9. The van der Waals surface area contributed by atoms with Gasteiger partial charge in [-0.1, -0.05) is 98.7 Å². The second-order valence-electron chi connectivity index (χ2n) is 16.1. The maximum atomic E-state index is 13.8. The number of nitrogens with two attached hydrogens (primary N) is 2. The number of amides is 3. The molecule has 0 aliphatic carbocycles. The van der Waals surface area contributed by atoms with Crippen LogP contribution in [0.5, 0.6) is 0 Å². The predicted octanol–water partition coefficient (Wildman–Crippen LogP) is 5.01. The number of hydrogen-bond acceptors (Lipinski definition) is 4. The number of nitrogens with zero attached hydrogens (tertiary/aromatic N) is 1. The van der Waals surface area contributed by atoms with Crippen molar-refractivity contribution in [2.75, 3.05) is 19.6 Å². The molecule has 0 aliphatic heterocycles. The van der Waals surface area contributed by atoms with Crippen LogP contribution in [-0.4, -0.2) is 54.3 Å². The lowest BCUT2D eigenvalue weighted by molar-refractivity contribution is -0.130. The van der Waals surface area contributed by atoms with Gasteiger partial charge in [0.05, 0.1) is 6.54 Å². The molecular weight excluding hydrogens is 614 g/mol. The number of carbonyl (C=O) groups is 3. The van der Waals surface area contributed by atoms with E-state index in [0.29, 0.717) is 32.4 Å². The number of hydrogen-bond donors (Lipinski definition) is 6. The van der Waals surface area contributed by atoms with E-state index in [-0.39, 0.29) is 53.4 Å². The first-order chi connectivity index (χ1) is 22.8. The van der Waals surface area contributed by atoms with Gasteiger partial charge < -0.3 is 32.4 Å². The van der Waals surface area contributed by atoms with Crippen LogP contribution in [0.25, 0.3) is 10.9 Å². The van der Waals surface area contributed by atoms with E-state index < -0.39 is 11.9 Å². The minimum Gasteiger partial charge on any atom is -0.370 e. The summed E-state index contributed by atoms with van der Waals surface area (Å²) in [6.07, 6.45) is 2.35. The Morgan fingerprint density at radius 3 is 2.10 bits per heavy atom. The summed E-state index contributed by atoms with van der Waals surface area (Å²) in [5, 5.41) is 9.71. The molecule has 0 bridgehead atoms. The Morgan fingerprint density at radius 2 is 1.51 bits per heavy atom. The first kappa shape index (κ1) is 39.1. The predicted molar refractivity (Wildman–Crippen MR) is 201 cm³/mol. The molecule has 1 unspecified atom stereocenters. The number of benzene rings is 2. The molecule has 268 valence electrons. The molecule has 3 rings (SSSR count). The summed E-state index contributed by atoms with van der Waals surface area (Å²) in [6, 6.07) is 13.5. The van der Waals surface area contributed by atoms with Gasteiger partial charge in [-0.3, -0.25) is 19.4 Å². The number of aromatic nitrogens is 1. The van der Waals surface area contributed by atoms with E-state index in [2.05, 4.69) is 100 Å². The van der Waals surface area contributed by atoms with Gasteiger partial charge in [0.15, 0.2) is 5.96 Å². The average molecular weight is 674 g/mol. The molecule has 1 heterocycles. The van der Waals surface area contributed by atoms with Gasteiger partial charge in [0.2, 0.25) is 17.7 Å². The second kappa shape index (κ2) is 16.4. The molecular formula is C39H59N7O3. The lowest BCUT2D eigenvalue weighted by Gasteiger charge is -2.26. The third-order valence-corrected chi connectivity index (χ3v) is 8.61. The number of carbonyl (C=O) groups excluding carboxylic acids is 3. The maximum Gasteiger partial charge on any atom is 0.243 e. The highest BCUT2D eigenvalue weighted by Crippen LogP contribution is 2.40. The number of aliphatic imine (C=N–C) groups is 1. The van der Waals surface area contributed by atoms with Crippen LogP contribution in [0.4, 0.5) is 0 Å². The molecule has 3 amide bonds. The SMILES string of the molecule is CC(C)(C)c1cc(C(C)(C)C)c2[nH]c(C(C)(C)C)c(CC(NC(=O)CCCCN=C(N)N)C(=O)NCC(=O)NCCc3ccccc3)c2c1. The summed E-state index contributed by atoms with van der Waals surface area (Å²) >= 11 is 0. The van der Waals surface area contributed by atoms with E-state index >= 15 is 0 Å². The van der Waals surface area contributed by atoms with Crippen LogP contribution in [0.1, 0.15) is 110 Å². The Hall–Kier alpha value is -4.34. The molecule has 0 saturated heterocycles. The van der Waals surface area contributed by atoms with Gasteiger partial charge in [-0.25, -0.2) is 0 Å². The van der Waals surface area contributed by atoms with Crippen molar-refractivity contribution in [3.8, 4) is 0 Å². The van der Waals surface area contributed by atoms with Crippen molar-refractivity contribution in [3.63, 3.8) is 0 Å². The highest BCUT2D eigenvalue weighted by molar-refractivity contribution is 5.93. The summed E-state index contributed by atoms with van der Waals surface area (Å²) in [7, 11) is 0. The van der Waals surface area contributed by atoms with Gasteiger partial charge in [0.25, 0.3) is 0 Å². The first-order valence-corrected chi connectivity index (χ1v) is 17.4. The lowest BCUT2D eigenvalue weighted by Crippen LogP contribution is -2.50. The minimum absolute atomic E-state index is 0.0166. The van der Waals surface area contributed by atoms with E-state index in [1.54, 1.807) is 0 Å². The molecule has 0 radical (unpaired) electrons. The van der Waals surface area contributed by atoms with Crippen LogP contribution in [0.2, 0.25) is 0 Å². The van der Waals surface area contributed by atoms with Crippen LogP contribution in [-0.2, 0) is 43.5 Å². The topological polar surface area (TPSA) is 167 Å². The van der Waals surface area contributed by atoms with E-state index in [9.17, 15) is 14.4 Å². The molecule has 2 aromatic carbocycles. The Kier molecular flexibility index (Phi) is 13.1. The van der Waals surface area contributed by atoms with Crippen LogP contribution in [0, 0.1) is 0 Å². The highest BCUT2D eigenvalue weighted by Gasteiger charge is 2.32. The minimum atomic E-state index is -0.904. The molecule has 49 heavy (non-hydrogen) atoms. The Labute approximate surface area is 292 Å². The summed E-state index contributed by atoms with van der Waals surface area (Å²) in [6.45, 7) is 20.3. The van der Waals surface area contributed by atoms with Gasteiger partial charge in [-0.15, -0.1) is 0 Å². The Morgan fingerprint density at radius 1 is 0.837 bits per heavy atom. The van der Waals surface area contributed by atoms with E-state index in [1.165, 1.54) is 11.1 Å². The second-order valence-corrected chi connectivity index (χ2v) is 16.1. The van der Waals surface area contributed by atoms with Crippen molar-refractivity contribution in [2.24, 2.45) is 16.5 Å². The molecule has 0 spiro atoms. The number of aromatic amines is 1. The number of unbranched alkanes of at least 4 members (excludes halogenated alkanes) is 1. The van der Waals surface area contributed by atoms with Gasteiger partial charge >= 0.3 is 0 Å². The lowest BCUT2D eigenvalue weighted by atomic mass is 9.78. The summed E-state index contributed by atoms with van der Waals surface area (Å²) in [4.78, 5) is 47.6. The van der Waals surface area contributed by atoms with Crippen molar-refractivity contribution in [1.82, 2.24) is 20.9 Å². The van der Waals surface area contributed by atoms with Crippen molar-refractivity contribution >= 4 is 34.6 Å². The molecule has 10 heteroatoms. The van der Waals surface area contributed by atoms with Crippen molar-refractivity contribution in [2.45, 2.75) is 117 Å². The standard InChI is InChI=1S/C39H59N7O3/c1-37(2,3)26-21-27-28(34(39(7,8)9)46-33(27)29(22-26)38(4,5)6)23-30(45-31(47)17-13-14-19-43-36(40)41)35(49)44-24-32(48)42-20-18-25-15-11-10-12-16-25/h10-12,15-16,21-22,30,46H,13-14,17-20,23-24H2,1-9H3,(H,42,48)(H,44,49)(H,45,47)(H4,40,41,43). The van der Waals surface area contributed by atoms with E-state index in [4.69, 9.17) is 11.5 Å². The third-order valence-electron chi connectivity index (χ3n) is 8.61. The quantitative estimate of drug-likeness (QED) is 0.0803. The zero-order chi connectivity index (χ0) is 36.6. The van der Waals surface area contributed by atoms with Crippen molar-refractivity contribution in [1.29, 1.82) is 0 Å². The van der Waals surface area contributed by atoms with Crippen molar-refractivity contribution < 1.29 is 14.4 Å². The maximum absolute atomic E-state index is 13.8. The summed E-state index contributed by atoms with van der Waals surface area (Å²) < 4.78 is 0. The van der Waals surface area contributed by atoms with E-state index in [1.807, 2.05) is 30.3 Å². The average Bonchev–Trinajstić information content (AvgIpc) is 3.37. The van der Waals surface area contributed by atoms with Gasteiger partial charge in [-0.05, 0) is 58.4 Å². The fraction of sp³-hybridized carbons (Fsp3) is 0.538. The molecule has 8 N–H and O–H groups in total. The van der Waals surface area contributed by atoms with Gasteiger partial charge in [0, 0.05) is 47.9 Å². The Bertz CT molecular complexity index is 1620. The molecule has 0 saturated carbocycles. The van der Waals surface area contributed by atoms with Gasteiger partial charge in [0.1, 0.15) is 6.04 Å². The number of guanidine groups is 1. The van der Waals surface area contributed by atoms with Gasteiger partial charge in [-0.2, -0.15) is 0 Å². The third kappa shape index (κ3) is 11.6. The van der Waals surface area contributed by atoms with Crippen LogP contribution >= 0.6 is 0 Å². The van der Waals surface area contributed by atoms with Crippen LogP contribution in [0.15, 0.2) is 47.5 Å². The summed E-state index contributed by atoms with van der Waals surface area (Å²) in [5.74, 6) is -0.937. The molecule has 10 nitrogen and oxygen atoms in total. The van der Waals surface area contributed by atoms with Crippen molar-refractivity contribution in [3.05, 3.63) is 70.4 Å². The molecule has 1 atom stereocenters. The van der Waals surface area contributed by atoms with Crippen LogP contribution in [0.3, 0.4) is 0 Å². The van der Waals surface area contributed by atoms with E-state index in [0.717, 1.165) is 27.7 Å². The number of nitrogens with one attached hydrogen (secondary N) is 4. The Balaban J connectivity index is 1.93. The molecule has 3 aromatic rings. The zero-order valence-electron chi connectivity index (χ0n) is 31.1. The number of H-pyrrole nitrogens is 1. The normalized spacial score (nSPS) is 12.8. The first-order valence-electron chi connectivity index (χ1n) is 17.4. The largest absolute Gasteiger partial charge is 0.370 e. The molecule has 0 aliphatic rings. The highest BCUT2D eigenvalue weighted by atomic mass is 16.2. The number of rotatable bonds is 14. The number of fused-ring (bicyclic) bond motifs is 1. The fourth-order valence-electron chi connectivity index (χ4n) is 5.86. The smallest absolute Gasteiger partial charge is 0.243 e. The monoisotopic (exact) mass is 673 g/mol.